The van der Waals surface area contributed by atoms with Gasteiger partial charge in [0.25, 0.3) is 0 Å². The second-order valence-corrected chi connectivity index (χ2v) is 4.91. The van der Waals surface area contributed by atoms with Gasteiger partial charge in [0, 0.05) is 4.47 Å². The molecule has 0 spiro atoms. The van der Waals surface area contributed by atoms with Crippen molar-refractivity contribution >= 4 is 27.5 Å². The number of hydrogen-bond acceptors (Lipinski definition) is 2. The van der Waals surface area contributed by atoms with E-state index >= 15 is 0 Å². The quantitative estimate of drug-likeness (QED) is 0.926. The summed E-state index contributed by atoms with van der Waals surface area (Å²) in [5.74, 6) is -2.52. The molecule has 96 valence electrons. The van der Waals surface area contributed by atoms with Gasteiger partial charge >= 0.3 is 0 Å². The smallest absolute Gasteiger partial charge is 0.244 e. The number of anilines is 1. The number of benzene rings is 1. The van der Waals surface area contributed by atoms with Gasteiger partial charge in [-0.15, -0.1) is 0 Å². The van der Waals surface area contributed by atoms with Crippen LogP contribution in [0.15, 0.2) is 16.6 Å². The Labute approximate surface area is 112 Å². The van der Waals surface area contributed by atoms with Crippen LogP contribution in [-0.4, -0.2) is 5.91 Å². The summed E-state index contributed by atoms with van der Waals surface area (Å²) >= 11 is 2.94. The van der Waals surface area contributed by atoms with Gasteiger partial charge < -0.3 is 5.32 Å². The Bertz CT molecular complexity index is 504. The molecule has 3 nitrogen and oxygen atoms in total. The van der Waals surface area contributed by atoms with E-state index in [1.807, 2.05) is 6.07 Å². The minimum absolute atomic E-state index is 0.231. The Balaban J connectivity index is 3.07. The van der Waals surface area contributed by atoms with Crippen molar-refractivity contribution in [3.8, 4) is 6.07 Å². The van der Waals surface area contributed by atoms with Crippen molar-refractivity contribution in [2.45, 2.75) is 20.3 Å². The van der Waals surface area contributed by atoms with Crippen LogP contribution in [-0.2, 0) is 4.79 Å². The number of nitrogens with zero attached hydrogens (tertiary/aromatic N) is 1. The highest BCUT2D eigenvalue weighted by Gasteiger charge is 2.32. The SMILES string of the molecule is CCC(C)(C#N)C(=O)Nc1c(F)cc(Br)cc1F. The minimum atomic E-state index is -1.31. The minimum Gasteiger partial charge on any atom is -0.320 e. The zero-order valence-corrected chi connectivity index (χ0v) is 11.4. The van der Waals surface area contributed by atoms with E-state index < -0.39 is 28.6 Å². The first-order valence-corrected chi connectivity index (χ1v) is 6.00. The highest BCUT2D eigenvalue weighted by Crippen LogP contribution is 2.27. The van der Waals surface area contributed by atoms with Gasteiger partial charge in [0.05, 0.1) is 6.07 Å². The van der Waals surface area contributed by atoms with Crippen molar-refractivity contribution in [3.05, 3.63) is 28.2 Å². The van der Waals surface area contributed by atoms with E-state index in [-0.39, 0.29) is 10.9 Å². The largest absolute Gasteiger partial charge is 0.320 e. The van der Waals surface area contributed by atoms with Gasteiger partial charge in [-0.1, -0.05) is 22.9 Å². The molecule has 0 aliphatic rings. The third kappa shape index (κ3) is 2.85. The van der Waals surface area contributed by atoms with E-state index in [0.29, 0.717) is 0 Å². The number of carbonyl (C=O) groups is 1. The van der Waals surface area contributed by atoms with Crippen molar-refractivity contribution in [3.63, 3.8) is 0 Å². The normalized spacial score (nSPS) is 13.6. The summed E-state index contributed by atoms with van der Waals surface area (Å²) in [6, 6.07) is 3.90. The summed E-state index contributed by atoms with van der Waals surface area (Å²) in [6.07, 6.45) is 0.245. The highest BCUT2D eigenvalue weighted by atomic mass is 79.9. The molecule has 0 saturated carbocycles. The van der Waals surface area contributed by atoms with E-state index in [2.05, 4.69) is 21.2 Å². The summed E-state index contributed by atoms with van der Waals surface area (Å²) in [6.45, 7) is 3.06. The lowest BCUT2D eigenvalue weighted by molar-refractivity contribution is -0.122. The molecule has 1 rings (SSSR count). The maximum absolute atomic E-state index is 13.5. The molecular formula is C12H11BrF2N2O. The molecule has 1 aromatic rings. The van der Waals surface area contributed by atoms with Gasteiger partial charge in [-0.2, -0.15) is 5.26 Å². The molecule has 0 aliphatic carbocycles. The lowest BCUT2D eigenvalue weighted by Crippen LogP contribution is -2.32. The zero-order chi connectivity index (χ0) is 13.9. The number of halogens is 3. The Morgan fingerprint density at radius 2 is 2.00 bits per heavy atom. The fourth-order valence-electron chi connectivity index (χ4n) is 1.20. The number of nitriles is 1. The molecule has 0 radical (unpaired) electrons. The number of rotatable bonds is 3. The molecule has 0 bridgehead atoms. The highest BCUT2D eigenvalue weighted by molar-refractivity contribution is 9.10. The van der Waals surface area contributed by atoms with E-state index in [9.17, 15) is 13.6 Å². The molecule has 18 heavy (non-hydrogen) atoms. The molecule has 0 saturated heterocycles. The van der Waals surface area contributed by atoms with E-state index in [1.165, 1.54) is 6.92 Å². The molecule has 1 atom stereocenters. The molecule has 1 aromatic carbocycles. The monoisotopic (exact) mass is 316 g/mol. The molecular weight excluding hydrogens is 306 g/mol. The Morgan fingerprint density at radius 1 is 1.50 bits per heavy atom. The van der Waals surface area contributed by atoms with Crippen molar-refractivity contribution in [1.82, 2.24) is 0 Å². The summed E-state index contributed by atoms with van der Waals surface area (Å²) < 4.78 is 27.2. The van der Waals surface area contributed by atoms with Gasteiger partial charge in [0.1, 0.15) is 11.1 Å². The van der Waals surface area contributed by atoms with Crippen LogP contribution in [0.25, 0.3) is 0 Å². The van der Waals surface area contributed by atoms with Crippen LogP contribution >= 0.6 is 15.9 Å². The van der Waals surface area contributed by atoms with E-state index in [1.54, 1.807) is 6.92 Å². The molecule has 1 amide bonds. The lowest BCUT2D eigenvalue weighted by atomic mass is 9.88. The van der Waals surface area contributed by atoms with Gasteiger partial charge in [0.2, 0.25) is 5.91 Å². The average Bonchev–Trinajstić information content (AvgIpc) is 2.32. The van der Waals surface area contributed by atoms with Crippen LogP contribution in [0.1, 0.15) is 20.3 Å². The first-order valence-electron chi connectivity index (χ1n) is 5.21. The Morgan fingerprint density at radius 3 is 2.39 bits per heavy atom. The van der Waals surface area contributed by atoms with Crippen LogP contribution in [0.4, 0.5) is 14.5 Å². The Hall–Kier alpha value is -1.48. The predicted molar refractivity (Wildman–Crippen MR) is 66.7 cm³/mol. The Kier molecular flexibility index (Phi) is 4.41. The van der Waals surface area contributed by atoms with Crippen molar-refractivity contribution in [2.24, 2.45) is 5.41 Å². The number of nitrogens with one attached hydrogen (secondary N) is 1. The number of carbonyl (C=O) groups excluding carboxylic acids is 1. The number of hydrogen-bond donors (Lipinski definition) is 1. The molecule has 0 fully saturated rings. The fourth-order valence-corrected chi connectivity index (χ4v) is 1.61. The van der Waals surface area contributed by atoms with Crippen LogP contribution in [0.2, 0.25) is 0 Å². The number of amides is 1. The van der Waals surface area contributed by atoms with Gasteiger partial charge in [-0.25, -0.2) is 8.78 Å². The summed E-state index contributed by atoms with van der Waals surface area (Å²) in [5, 5.41) is 11.0. The van der Waals surface area contributed by atoms with Crippen LogP contribution < -0.4 is 5.32 Å². The lowest BCUT2D eigenvalue weighted by Gasteiger charge is -2.19. The summed E-state index contributed by atoms with van der Waals surface area (Å²) in [4.78, 5) is 11.8. The molecule has 1 unspecified atom stereocenters. The molecule has 1 N–H and O–H groups in total. The topological polar surface area (TPSA) is 52.9 Å². The van der Waals surface area contributed by atoms with E-state index in [4.69, 9.17) is 5.26 Å². The van der Waals surface area contributed by atoms with Crippen molar-refractivity contribution < 1.29 is 13.6 Å². The molecule has 6 heteroatoms. The van der Waals surface area contributed by atoms with Gasteiger partial charge in [0.15, 0.2) is 11.6 Å². The zero-order valence-electron chi connectivity index (χ0n) is 9.85. The van der Waals surface area contributed by atoms with Crippen LogP contribution in [0.5, 0.6) is 0 Å². The molecule has 0 heterocycles. The summed E-state index contributed by atoms with van der Waals surface area (Å²) in [7, 11) is 0. The van der Waals surface area contributed by atoms with Gasteiger partial charge in [-0.05, 0) is 25.5 Å². The average molecular weight is 317 g/mol. The first kappa shape index (κ1) is 14.6. The maximum Gasteiger partial charge on any atom is 0.244 e. The van der Waals surface area contributed by atoms with Crippen LogP contribution in [0, 0.1) is 28.4 Å². The summed E-state index contributed by atoms with van der Waals surface area (Å²) in [5.41, 5.74) is -1.86. The second-order valence-electron chi connectivity index (χ2n) is 4.00. The van der Waals surface area contributed by atoms with Crippen molar-refractivity contribution in [1.29, 1.82) is 5.26 Å². The van der Waals surface area contributed by atoms with E-state index in [0.717, 1.165) is 12.1 Å². The molecule has 0 aliphatic heterocycles. The second kappa shape index (κ2) is 5.44. The maximum atomic E-state index is 13.5. The van der Waals surface area contributed by atoms with Gasteiger partial charge in [-0.3, -0.25) is 4.79 Å². The van der Waals surface area contributed by atoms with Crippen LogP contribution in [0.3, 0.4) is 0 Å². The third-order valence-corrected chi connectivity index (χ3v) is 3.16. The third-order valence-electron chi connectivity index (χ3n) is 2.70. The fraction of sp³-hybridized carbons (Fsp3) is 0.333. The predicted octanol–water partition coefficient (Wildman–Crippen LogP) is 3.61. The molecule has 0 aromatic heterocycles. The van der Waals surface area contributed by atoms with Crippen molar-refractivity contribution in [2.75, 3.05) is 5.32 Å². The first-order chi connectivity index (χ1) is 8.34. The standard InChI is InChI=1S/C12H11BrF2N2O/c1-3-12(2,6-16)11(18)17-10-8(14)4-7(13)5-9(10)15/h4-5H,3H2,1-2H3,(H,17,18).